The summed E-state index contributed by atoms with van der Waals surface area (Å²) >= 11 is 2.04. The van der Waals surface area contributed by atoms with Gasteiger partial charge in [0.1, 0.15) is 0 Å². The molecule has 0 saturated carbocycles. The van der Waals surface area contributed by atoms with Crippen molar-refractivity contribution in [2.45, 2.75) is 33.2 Å². The number of nitrogens with one attached hydrogen (secondary N) is 1. The Labute approximate surface area is 132 Å². The van der Waals surface area contributed by atoms with Gasteiger partial charge in [-0.1, -0.05) is 45.0 Å². The van der Waals surface area contributed by atoms with E-state index in [0.717, 1.165) is 30.2 Å². The van der Waals surface area contributed by atoms with Crippen LogP contribution in [0.2, 0.25) is 0 Å². The van der Waals surface area contributed by atoms with Crippen molar-refractivity contribution >= 4 is 22.7 Å². The van der Waals surface area contributed by atoms with Crippen LogP contribution >= 0.6 is 11.8 Å². The molecule has 0 amide bonds. The van der Waals surface area contributed by atoms with Gasteiger partial charge in [0.15, 0.2) is 0 Å². The van der Waals surface area contributed by atoms with Crippen molar-refractivity contribution in [3.05, 3.63) is 42.1 Å². The molecule has 0 spiro atoms. The normalized spacial score (nSPS) is 13.0. The molecule has 1 N–H and O–H groups in total. The molecule has 2 rings (SSSR count). The Morgan fingerprint density at radius 1 is 1.10 bits per heavy atom. The van der Waals surface area contributed by atoms with Crippen LogP contribution in [0.3, 0.4) is 0 Å². The highest BCUT2D eigenvalue weighted by Crippen LogP contribution is 2.15. The summed E-state index contributed by atoms with van der Waals surface area (Å²) in [7, 11) is 0. The summed E-state index contributed by atoms with van der Waals surface area (Å²) in [5.41, 5.74) is 2.28. The van der Waals surface area contributed by atoms with Crippen molar-refractivity contribution < 1.29 is 0 Å². The second-order valence-corrected chi connectivity index (χ2v) is 6.96. The zero-order valence-corrected chi connectivity index (χ0v) is 14.1. The second kappa shape index (κ2) is 8.40. The molecule has 0 fully saturated rings. The van der Waals surface area contributed by atoms with E-state index in [9.17, 15) is 0 Å². The van der Waals surface area contributed by atoms with E-state index in [-0.39, 0.29) is 0 Å². The maximum absolute atomic E-state index is 4.79. The maximum Gasteiger partial charge on any atom is 0.0705 e. The fourth-order valence-corrected chi connectivity index (χ4v) is 3.53. The third-order valence-corrected chi connectivity index (χ3v) is 4.92. The Balaban J connectivity index is 2.00. The lowest BCUT2D eigenvalue weighted by molar-refractivity contribution is 0.567. The highest BCUT2D eigenvalue weighted by Gasteiger charge is 2.10. The molecule has 0 aliphatic carbocycles. The van der Waals surface area contributed by atoms with Gasteiger partial charge in [0.05, 0.1) is 5.52 Å². The third kappa shape index (κ3) is 5.33. The van der Waals surface area contributed by atoms with Crippen LogP contribution in [-0.4, -0.2) is 29.1 Å². The van der Waals surface area contributed by atoms with Crippen molar-refractivity contribution in [1.82, 2.24) is 10.3 Å². The highest BCUT2D eigenvalue weighted by molar-refractivity contribution is 7.99. The smallest absolute Gasteiger partial charge is 0.0705 e. The van der Waals surface area contributed by atoms with E-state index in [4.69, 9.17) is 4.98 Å². The summed E-state index contributed by atoms with van der Waals surface area (Å²) in [5.74, 6) is 3.14. The largest absolute Gasteiger partial charge is 0.313 e. The second-order valence-electron chi connectivity index (χ2n) is 5.89. The first-order valence-corrected chi connectivity index (χ1v) is 9.00. The summed E-state index contributed by atoms with van der Waals surface area (Å²) in [6.07, 6.45) is 1.00. The molecule has 114 valence electrons. The Hall–Kier alpha value is -1.06. The average molecular weight is 302 g/mol. The predicted octanol–water partition coefficient (Wildman–Crippen LogP) is 4.14. The molecule has 1 aromatic heterocycles. The minimum Gasteiger partial charge on any atom is -0.313 e. The van der Waals surface area contributed by atoms with Crippen molar-refractivity contribution in [1.29, 1.82) is 0 Å². The molecule has 3 heteroatoms. The zero-order chi connectivity index (χ0) is 15.1. The molecular weight excluding hydrogens is 276 g/mol. The minimum absolute atomic E-state index is 0.507. The molecular formula is C18H26N2S. The molecule has 21 heavy (non-hydrogen) atoms. The third-order valence-electron chi connectivity index (χ3n) is 3.37. The van der Waals surface area contributed by atoms with Gasteiger partial charge in [-0.3, -0.25) is 4.98 Å². The number of rotatable bonds is 8. The van der Waals surface area contributed by atoms with Gasteiger partial charge in [-0.2, -0.15) is 11.8 Å². The highest BCUT2D eigenvalue weighted by atomic mass is 32.2. The van der Waals surface area contributed by atoms with Crippen molar-refractivity contribution in [2.24, 2.45) is 5.92 Å². The lowest BCUT2D eigenvalue weighted by atomic mass is 10.1. The number of pyridine rings is 1. The number of benzene rings is 1. The van der Waals surface area contributed by atoms with Gasteiger partial charge in [-0.15, -0.1) is 0 Å². The quantitative estimate of drug-likeness (QED) is 0.793. The first-order chi connectivity index (χ1) is 10.2. The molecule has 1 unspecified atom stereocenters. The van der Waals surface area contributed by atoms with Crippen LogP contribution in [0.5, 0.6) is 0 Å². The van der Waals surface area contributed by atoms with Crippen molar-refractivity contribution in [3.63, 3.8) is 0 Å². The number of aromatic nitrogens is 1. The van der Waals surface area contributed by atoms with Gasteiger partial charge in [0, 0.05) is 29.3 Å². The van der Waals surface area contributed by atoms with Gasteiger partial charge in [-0.05, 0) is 30.3 Å². The van der Waals surface area contributed by atoms with Crippen LogP contribution < -0.4 is 5.32 Å². The first kappa shape index (κ1) is 16.3. The number of thioether (sulfide) groups is 1. The Morgan fingerprint density at radius 3 is 2.67 bits per heavy atom. The van der Waals surface area contributed by atoms with E-state index < -0.39 is 0 Å². The van der Waals surface area contributed by atoms with Crippen molar-refractivity contribution in [2.75, 3.05) is 18.1 Å². The lowest BCUT2D eigenvalue weighted by Crippen LogP contribution is -2.33. The Morgan fingerprint density at radius 2 is 1.90 bits per heavy atom. The van der Waals surface area contributed by atoms with Gasteiger partial charge in [0.2, 0.25) is 0 Å². The molecule has 1 atom stereocenters. The zero-order valence-electron chi connectivity index (χ0n) is 13.3. The van der Waals surface area contributed by atoms with Crippen LogP contribution in [0.1, 0.15) is 26.5 Å². The maximum atomic E-state index is 4.79. The predicted molar refractivity (Wildman–Crippen MR) is 95.1 cm³/mol. The van der Waals surface area contributed by atoms with Crippen LogP contribution in [0.25, 0.3) is 10.9 Å². The van der Waals surface area contributed by atoms with E-state index in [1.54, 1.807) is 0 Å². The van der Waals surface area contributed by atoms with E-state index >= 15 is 0 Å². The van der Waals surface area contributed by atoms with Crippen LogP contribution in [0.4, 0.5) is 0 Å². The fourth-order valence-electron chi connectivity index (χ4n) is 2.40. The molecule has 0 aliphatic rings. The SMILES string of the molecule is CCNC(CSCC(C)C)Cc1ccc2ccccc2n1. The average Bonchev–Trinajstić information content (AvgIpc) is 2.47. The summed E-state index contributed by atoms with van der Waals surface area (Å²) in [5, 5.41) is 4.81. The van der Waals surface area contributed by atoms with E-state index in [0.29, 0.717) is 6.04 Å². The first-order valence-electron chi connectivity index (χ1n) is 7.84. The summed E-state index contributed by atoms with van der Waals surface area (Å²) in [6, 6.07) is 13.2. The number of para-hydroxylation sites is 1. The standard InChI is InChI=1S/C18H26N2S/c1-4-19-17(13-21-12-14(2)3)11-16-10-9-15-7-5-6-8-18(15)20-16/h5-10,14,17,19H,4,11-13H2,1-3H3. The molecule has 1 aromatic carbocycles. The minimum atomic E-state index is 0.507. The molecule has 0 bridgehead atoms. The molecule has 0 radical (unpaired) electrons. The molecule has 0 aliphatic heterocycles. The van der Waals surface area contributed by atoms with Crippen molar-refractivity contribution in [3.8, 4) is 0 Å². The summed E-state index contributed by atoms with van der Waals surface area (Å²) in [4.78, 5) is 4.79. The topological polar surface area (TPSA) is 24.9 Å². The van der Waals surface area contributed by atoms with Gasteiger partial charge in [0.25, 0.3) is 0 Å². The monoisotopic (exact) mass is 302 g/mol. The van der Waals surface area contributed by atoms with Crippen LogP contribution in [-0.2, 0) is 6.42 Å². The van der Waals surface area contributed by atoms with E-state index in [1.165, 1.54) is 16.8 Å². The number of fused-ring (bicyclic) bond motifs is 1. The number of hydrogen-bond donors (Lipinski definition) is 1. The van der Waals surface area contributed by atoms with Crippen LogP contribution in [0.15, 0.2) is 36.4 Å². The Bertz CT molecular complexity index is 554. The lowest BCUT2D eigenvalue weighted by Gasteiger charge is -2.18. The molecule has 0 saturated heterocycles. The number of hydrogen-bond acceptors (Lipinski definition) is 3. The van der Waals surface area contributed by atoms with E-state index in [1.807, 2.05) is 11.8 Å². The van der Waals surface area contributed by atoms with Gasteiger partial charge >= 0.3 is 0 Å². The summed E-state index contributed by atoms with van der Waals surface area (Å²) in [6.45, 7) is 7.74. The van der Waals surface area contributed by atoms with Crippen LogP contribution in [0, 0.1) is 5.92 Å². The van der Waals surface area contributed by atoms with E-state index in [2.05, 4.69) is 62.5 Å². The molecule has 2 aromatic rings. The summed E-state index contributed by atoms with van der Waals surface area (Å²) < 4.78 is 0. The number of nitrogens with zero attached hydrogens (tertiary/aromatic N) is 1. The molecule has 2 nitrogen and oxygen atoms in total. The fraction of sp³-hybridized carbons (Fsp3) is 0.500. The van der Waals surface area contributed by atoms with Gasteiger partial charge in [-0.25, -0.2) is 0 Å². The number of likely N-dealkylation sites (N-methyl/N-ethyl adjacent to an activating group) is 1. The Kier molecular flexibility index (Phi) is 6.52. The van der Waals surface area contributed by atoms with Gasteiger partial charge < -0.3 is 5.32 Å². The molecule has 1 heterocycles.